The zero-order chi connectivity index (χ0) is 23.2. The van der Waals surface area contributed by atoms with Gasteiger partial charge in [-0.05, 0) is 76.1 Å². The molecule has 0 saturated heterocycles. The molecule has 3 aromatic carbocycles. The quantitative estimate of drug-likeness (QED) is 0.309. The van der Waals surface area contributed by atoms with Crippen LogP contribution in [-0.2, 0) is 4.79 Å². The van der Waals surface area contributed by atoms with Crippen LogP contribution in [0.15, 0.2) is 107 Å². The first-order chi connectivity index (χ1) is 16.0. The van der Waals surface area contributed by atoms with E-state index in [1.807, 2.05) is 54.6 Å². The third-order valence-electron chi connectivity index (χ3n) is 4.75. The van der Waals surface area contributed by atoms with Crippen molar-refractivity contribution in [2.24, 2.45) is 0 Å². The van der Waals surface area contributed by atoms with Crippen LogP contribution in [0.1, 0.15) is 16.1 Å². The fourth-order valence-electron chi connectivity index (χ4n) is 3.17. The second-order valence-electron chi connectivity index (χ2n) is 7.02. The van der Waals surface area contributed by atoms with Crippen molar-refractivity contribution in [2.45, 2.75) is 0 Å². The van der Waals surface area contributed by atoms with E-state index < -0.39 is 11.9 Å². The van der Waals surface area contributed by atoms with Crippen molar-refractivity contribution in [3.8, 4) is 17.2 Å². The summed E-state index contributed by atoms with van der Waals surface area (Å²) in [7, 11) is 0. The van der Waals surface area contributed by atoms with E-state index in [-0.39, 0.29) is 5.70 Å². The Labute approximate surface area is 198 Å². The van der Waals surface area contributed by atoms with Gasteiger partial charge in [-0.2, -0.15) is 0 Å². The van der Waals surface area contributed by atoms with Gasteiger partial charge in [-0.3, -0.25) is 4.79 Å². The Balaban J connectivity index is 1.52. The number of nitrogens with one attached hydrogen (secondary N) is 1. The molecule has 4 aromatic rings. The fourth-order valence-corrected chi connectivity index (χ4v) is 3.54. The third-order valence-corrected chi connectivity index (χ3v) is 5.41. The summed E-state index contributed by atoms with van der Waals surface area (Å²) in [5.74, 6) is -0.498. The number of carboxylic acids is 1. The van der Waals surface area contributed by atoms with Gasteiger partial charge in [-0.15, -0.1) is 0 Å². The van der Waals surface area contributed by atoms with Gasteiger partial charge in [0.25, 0.3) is 5.91 Å². The van der Waals surface area contributed by atoms with Gasteiger partial charge in [0, 0.05) is 11.9 Å². The average Bonchev–Trinajstić information content (AvgIpc) is 3.32. The molecule has 0 atom stereocenters. The summed E-state index contributed by atoms with van der Waals surface area (Å²) in [6, 6.07) is 27.1. The van der Waals surface area contributed by atoms with Crippen molar-refractivity contribution >= 4 is 33.9 Å². The molecule has 6 nitrogen and oxygen atoms in total. The molecule has 1 aromatic heterocycles. The molecule has 33 heavy (non-hydrogen) atoms. The zero-order valence-corrected chi connectivity index (χ0v) is 18.9. The first kappa shape index (κ1) is 22.1. The van der Waals surface area contributed by atoms with E-state index in [1.165, 1.54) is 6.08 Å². The molecule has 0 aliphatic rings. The van der Waals surface area contributed by atoms with E-state index in [9.17, 15) is 14.7 Å². The zero-order valence-electron chi connectivity index (χ0n) is 17.3. The minimum Gasteiger partial charge on any atom is -0.477 e. The van der Waals surface area contributed by atoms with Gasteiger partial charge in [0.05, 0.1) is 4.47 Å². The van der Waals surface area contributed by atoms with Crippen LogP contribution in [0.2, 0.25) is 0 Å². The molecule has 1 heterocycles. The number of hydrogen-bond acceptors (Lipinski definition) is 3. The number of ether oxygens (including phenoxy) is 1. The Morgan fingerprint density at radius 2 is 1.58 bits per heavy atom. The highest BCUT2D eigenvalue weighted by Crippen LogP contribution is 2.29. The number of aliphatic carboxylic acids is 1. The van der Waals surface area contributed by atoms with Crippen LogP contribution in [0.5, 0.6) is 11.5 Å². The van der Waals surface area contributed by atoms with Gasteiger partial charge in [-0.25, -0.2) is 4.79 Å². The predicted octanol–water partition coefficient (Wildman–Crippen LogP) is 5.89. The minimum absolute atomic E-state index is 0.236. The molecule has 0 radical (unpaired) electrons. The first-order valence-corrected chi connectivity index (χ1v) is 10.8. The number of rotatable bonds is 7. The maximum atomic E-state index is 12.8. The monoisotopic (exact) mass is 502 g/mol. The van der Waals surface area contributed by atoms with Gasteiger partial charge in [0.15, 0.2) is 0 Å². The Morgan fingerprint density at radius 1 is 0.879 bits per heavy atom. The Kier molecular flexibility index (Phi) is 6.71. The van der Waals surface area contributed by atoms with Gasteiger partial charge in [0.1, 0.15) is 22.9 Å². The van der Waals surface area contributed by atoms with Gasteiger partial charge >= 0.3 is 5.97 Å². The third kappa shape index (κ3) is 5.39. The van der Waals surface area contributed by atoms with Crippen molar-refractivity contribution in [2.75, 3.05) is 0 Å². The molecule has 164 valence electrons. The number of benzene rings is 3. The number of amides is 1. The van der Waals surface area contributed by atoms with Crippen molar-refractivity contribution in [3.05, 3.63) is 119 Å². The second kappa shape index (κ2) is 10.0. The van der Waals surface area contributed by atoms with Crippen LogP contribution >= 0.6 is 15.9 Å². The number of aromatic nitrogens is 1. The summed E-state index contributed by atoms with van der Waals surface area (Å²) in [5.41, 5.74) is 1.49. The maximum absolute atomic E-state index is 12.8. The lowest BCUT2D eigenvalue weighted by Crippen LogP contribution is -2.28. The molecule has 0 spiro atoms. The van der Waals surface area contributed by atoms with E-state index >= 15 is 0 Å². The summed E-state index contributed by atoms with van der Waals surface area (Å²) in [4.78, 5) is 24.6. The van der Waals surface area contributed by atoms with Crippen LogP contribution < -0.4 is 10.1 Å². The van der Waals surface area contributed by atoms with E-state index in [0.29, 0.717) is 22.8 Å². The Bertz CT molecular complexity index is 1310. The van der Waals surface area contributed by atoms with Gasteiger partial charge in [-0.1, -0.05) is 42.5 Å². The number of nitrogens with zero attached hydrogens (tertiary/aromatic N) is 1. The fraction of sp³-hybridized carbons (Fsp3) is 0. The predicted molar refractivity (Wildman–Crippen MR) is 130 cm³/mol. The molecular formula is C26H19BrN2O4. The van der Waals surface area contributed by atoms with Crippen LogP contribution in [-0.4, -0.2) is 21.6 Å². The number of carbonyl (C=O) groups excluding carboxylic acids is 1. The van der Waals surface area contributed by atoms with Gasteiger partial charge < -0.3 is 19.7 Å². The van der Waals surface area contributed by atoms with E-state index in [1.54, 1.807) is 47.2 Å². The van der Waals surface area contributed by atoms with Crippen LogP contribution in [0.3, 0.4) is 0 Å². The number of halogens is 1. The van der Waals surface area contributed by atoms with E-state index in [0.717, 1.165) is 10.2 Å². The molecule has 7 heteroatoms. The molecule has 0 saturated carbocycles. The van der Waals surface area contributed by atoms with Crippen molar-refractivity contribution in [1.29, 1.82) is 0 Å². The summed E-state index contributed by atoms with van der Waals surface area (Å²) in [6.07, 6.45) is 3.15. The number of para-hydroxylation sites is 2. The smallest absolute Gasteiger partial charge is 0.352 e. The molecule has 0 unspecified atom stereocenters. The molecule has 0 fully saturated rings. The van der Waals surface area contributed by atoms with Crippen molar-refractivity contribution in [3.63, 3.8) is 0 Å². The largest absolute Gasteiger partial charge is 0.477 e. The van der Waals surface area contributed by atoms with Crippen molar-refractivity contribution < 1.29 is 19.4 Å². The Hall–Kier alpha value is -4.10. The van der Waals surface area contributed by atoms with Crippen LogP contribution in [0, 0.1) is 0 Å². The summed E-state index contributed by atoms with van der Waals surface area (Å²) in [5, 5.41) is 12.1. The SMILES string of the molecule is O=C(O)/C(=C\c1ccc(Oc2ccccc2Br)cc1)NC(=O)c1cccn1-c1ccccc1. The Morgan fingerprint density at radius 3 is 2.27 bits per heavy atom. The molecule has 1 amide bonds. The average molecular weight is 503 g/mol. The highest BCUT2D eigenvalue weighted by atomic mass is 79.9. The molecule has 2 N–H and O–H groups in total. The second-order valence-corrected chi connectivity index (χ2v) is 7.87. The molecule has 0 aliphatic heterocycles. The molecular weight excluding hydrogens is 484 g/mol. The maximum Gasteiger partial charge on any atom is 0.352 e. The number of hydrogen-bond donors (Lipinski definition) is 2. The highest BCUT2D eigenvalue weighted by Gasteiger charge is 2.17. The molecule has 0 aliphatic carbocycles. The lowest BCUT2D eigenvalue weighted by atomic mass is 10.2. The van der Waals surface area contributed by atoms with Crippen LogP contribution in [0.25, 0.3) is 11.8 Å². The standard InChI is InChI=1S/C26H19BrN2O4/c27-21-9-4-5-11-24(21)33-20-14-12-18(13-15-20)17-22(26(31)32)28-25(30)23-10-6-16-29(23)19-7-2-1-3-8-19/h1-17H,(H,28,30)(H,31,32)/b22-17+. The van der Waals surface area contributed by atoms with E-state index in [4.69, 9.17) is 4.74 Å². The lowest BCUT2D eigenvalue weighted by Gasteiger charge is -2.11. The summed E-state index contributed by atoms with van der Waals surface area (Å²) < 4.78 is 8.35. The summed E-state index contributed by atoms with van der Waals surface area (Å²) >= 11 is 3.43. The minimum atomic E-state index is -1.24. The van der Waals surface area contributed by atoms with E-state index in [2.05, 4.69) is 21.2 Å². The van der Waals surface area contributed by atoms with Crippen LogP contribution in [0.4, 0.5) is 0 Å². The summed E-state index contributed by atoms with van der Waals surface area (Å²) in [6.45, 7) is 0. The van der Waals surface area contributed by atoms with Gasteiger partial charge in [0.2, 0.25) is 0 Å². The topological polar surface area (TPSA) is 80.6 Å². The normalized spacial score (nSPS) is 11.1. The first-order valence-electron chi connectivity index (χ1n) is 10.0. The molecule has 0 bridgehead atoms. The highest BCUT2D eigenvalue weighted by molar-refractivity contribution is 9.10. The lowest BCUT2D eigenvalue weighted by molar-refractivity contribution is -0.132. The molecule has 4 rings (SSSR count). The van der Waals surface area contributed by atoms with Crippen molar-refractivity contribution in [1.82, 2.24) is 9.88 Å². The number of carbonyl (C=O) groups is 2. The number of carboxylic acid groups (broad SMARTS) is 1.